The van der Waals surface area contributed by atoms with Crippen molar-refractivity contribution >= 4 is 23.7 Å². The maximum Gasteiger partial charge on any atom is 0.326 e. The molecule has 12 nitrogen and oxygen atoms in total. The molecule has 2 aromatic rings. The summed E-state index contributed by atoms with van der Waals surface area (Å²) in [7, 11) is 0. The molecule has 1 aromatic carbocycles. The first-order valence-corrected chi connectivity index (χ1v) is 12.1. The van der Waals surface area contributed by atoms with Gasteiger partial charge in [-0.1, -0.05) is 44.2 Å². The molecular formula is C25H36N6O6. The largest absolute Gasteiger partial charge is 0.480 e. The fourth-order valence-corrected chi connectivity index (χ4v) is 3.68. The summed E-state index contributed by atoms with van der Waals surface area (Å²) in [5, 5.41) is 27.1. The van der Waals surface area contributed by atoms with E-state index in [2.05, 4.69) is 25.9 Å². The number of benzene rings is 1. The van der Waals surface area contributed by atoms with Crippen molar-refractivity contribution in [3.05, 3.63) is 54.1 Å². The first kappa shape index (κ1) is 29.5. The Morgan fingerprint density at radius 1 is 0.946 bits per heavy atom. The number of aromatic amines is 1. The minimum atomic E-state index is -1.46. The third-order valence-corrected chi connectivity index (χ3v) is 5.63. The highest BCUT2D eigenvalue weighted by molar-refractivity contribution is 5.94. The molecule has 0 aliphatic heterocycles. The monoisotopic (exact) mass is 516 g/mol. The molecule has 0 spiro atoms. The molecule has 5 atom stereocenters. The molecule has 2 rings (SSSR count). The van der Waals surface area contributed by atoms with Crippen LogP contribution in [0.5, 0.6) is 0 Å². The van der Waals surface area contributed by atoms with Crippen LogP contribution >= 0.6 is 0 Å². The number of imidazole rings is 1. The second-order valence-electron chi connectivity index (χ2n) is 9.39. The molecule has 0 saturated carbocycles. The Morgan fingerprint density at radius 3 is 2.14 bits per heavy atom. The smallest absolute Gasteiger partial charge is 0.326 e. The normalized spacial score (nSPS) is 15.2. The van der Waals surface area contributed by atoms with Crippen LogP contribution < -0.4 is 21.7 Å². The number of H-pyrrole nitrogens is 1. The summed E-state index contributed by atoms with van der Waals surface area (Å²) in [6.07, 6.45) is 1.91. The van der Waals surface area contributed by atoms with E-state index in [1.807, 2.05) is 44.2 Å². The summed E-state index contributed by atoms with van der Waals surface area (Å²) >= 11 is 0. The molecule has 5 unspecified atom stereocenters. The van der Waals surface area contributed by atoms with Gasteiger partial charge in [-0.3, -0.25) is 14.4 Å². The van der Waals surface area contributed by atoms with Crippen molar-refractivity contribution in [2.45, 2.75) is 70.3 Å². The van der Waals surface area contributed by atoms with Gasteiger partial charge < -0.3 is 36.9 Å². The van der Waals surface area contributed by atoms with Gasteiger partial charge in [0.2, 0.25) is 17.7 Å². The van der Waals surface area contributed by atoms with E-state index in [1.165, 1.54) is 19.4 Å². The Morgan fingerprint density at radius 2 is 1.59 bits per heavy atom. The molecule has 0 radical (unpaired) electrons. The Labute approximate surface area is 215 Å². The molecule has 3 amide bonds. The summed E-state index contributed by atoms with van der Waals surface area (Å²) in [5.41, 5.74) is 7.40. The lowest BCUT2D eigenvalue weighted by Crippen LogP contribution is -2.60. The summed E-state index contributed by atoms with van der Waals surface area (Å²) < 4.78 is 0. The van der Waals surface area contributed by atoms with Crippen molar-refractivity contribution in [1.82, 2.24) is 25.9 Å². The van der Waals surface area contributed by atoms with Gasteiger partial charge in [-0.2, -0.15) is 0 Å². The number of nitrogens with one attached hydrogen (secondary N) is 4. The van der Waals surface area contributed by atoms with E-state index in [-0.39, 0.29) is 25.2 Å². The fraction of sp³-hybridized carbons (Fsp3) is 0.480. The van der Waals surface area contributed by atoms with E-state index in [9.17, 15) is 29.4 Å². The first-order chi connectivity index (χ1) is 17.5. The fourth-order valence-electron chi connectivity index (χ4n) is 3.68. The van der Waals surface area contributed by atoms with Gasteiger partial charge in [0, 0.05) is 18.3 Å². The van der Waals surface area contributed by atoms with Crippen LogP contribution in [0.1, 0.15) is 38.4 Å². The van der Waals surface area contributed by atoms with Crippen LogP contribution in [0.4, 0.5) is 0 Å². The van der Waals surface area contributed by atoms with E-state index in [0.717, 1.165) is 5.56 Å². The number of aliphatic hydroxyl groups is 1. The SMILES string of the molecule is CC(C)CC(NC(=O)C(N)Cc1ccccc1)C(=O)NC(C(=O)NC(Cc1cnc[nH]1)C(=O)O)C(C)O. The topological polar surface area (TPSA) is 200 Å². The van der Waals surface area contributed by atoms with Crippen molar-refractivity contribution in [3.63, 3.8) is 0 Å². The maximum absolute atomic E-state index is 13.1. The zero-order valence-corrected chi connectivity index (χ0v) is 21.2. The first-order valence-electron chi connectivity index (χ1n) is 12.1. The number of nitrogens with two attached hydrogens (primary N) is 1. The lowest BCUT2D eigenvalue weighted by atomic mass is 10.0. The van der Waals surface area contributed by atoms with Gasteiger partial charge in [-0.15, -0.1) is 0 Å². The minimum absolute atomic E-state index is 0.00557. The molecule has 37 heavy (non-hydrogen) atoms. The van der Waals surface area contributed by atoms with Crippen LogP contribution in [0.3, 0.4) is 0 Å². The number of carboxylic acids is 1. The van der Waals surface area contributed by atoms with Crippen LogP contribution in [0.25, 0.3) is 0 Å². The van der Waals surface area contributed by atoms with Crippen molar-refractivity contribution in [2.24, 2.45) is 11.7 Å². The van der Waals surface area contributed by atoms with Crippen LogP contribution in [0.2, 0.25) is 0 Å². The van der Waals surface area contributed by atoms with E-state index < -0.39 is 54.0 Å². The van der Waals surface area contributed by atoms with Gasteiger partial charge in [0.15, 0.2) is 0 Å². The van der Waals surface area contributed by atoms with Crippen LogP contribution in [-0.2, 0) is 32.0 Å². The summed E-state index contributed by atoms with van der Waals surface area (Å²) in [4.78, 5) is 57.0. The number of aromatic nitrogens is 2. The van der Waals surface area contributed by atoms with Gasteiger partial charge in [-0.25, -0.2) is 9.78 Å². The van der Waals surface area contributed by atoms with Crippen molar-refractivity contribution in [1.29, 1.82) is 0 Å². The average Bonchev–Trinajstić information content (AvgIpc) is 3.34. The highest BCUT2D eigenvalue weighted by atomic mass is 16.4. The summed E-state index contributed by atoms with van der Waals surface area (Å²) in [5.74, 6) is -3.41. The Bertz CT molecular complexity index is 1030. The molecule has 0 saturated heterocycles. The highest BCUT2D eigenvalue weighted by Gasteiger charge is 2.33. The van der Waals surface area contributed by atoms with Gasteiger partial charge >= 0.3 is 5.97 Å². The zero-order chi connectivity index (χ0) is 27.5. The molecule has 0 fully saturated rings. The molecule has 1 heterocycles. The number of aliphatic carboxylic acids is 1. The predicted molar refractivity (Wildman–Crippen MR) is 135 cm³/mol. The lowest BCUT2D eigenvalue weighted by molar-refractivity contribution is -0.143. The number of hydrogen-bond donors (Lipinski definition) is 7. The maximum atomic E-state index is 13.1. The third kappa shape index (κ3) is 9.66. The Balaban J connectivity index is 2.08. The number of carbonyl (C=O) groups is 4. The second kappa shape index (κ2) is 14.1. The number of nitrogens with zero attached hydrogens (tertiary/aromatic N) is 1. The average molecular weight is 517 g/mol. The standard InChI is InChI=1S/C25H36N6O6/c1-14(2)9-19(29-22(33)18(26)10-16-7-5-4-6-8-16)23(34)31-21(15(3)32)24(35)30-20(25(36)37)11-17-12-27-13-28-17/h4-8,12-15,18-21,32H,9-11,26H2,1-3H3,(H,27,28)(H,29,33)(H,30,35)(H,31,34)(H,36,37). The van der Waals surface area contributed by atoms with Crippen LogP contribution in [-0.4, -0.2) is 74.1 Å². The Hall–Kier alpha value is -3.77. The molecule has 0 aliphatic carbocycles. The quantitative estimate of drug-likeness (QED) is 0.174. The summed E-state index contributed by atoms with van der Waals surface area (Å²) in [6, 6.07) is 4.49. The molecule has 202 valence electrons. The number of carbonyl (C=O) groups excluding carboxylic acids is 3. The molecule has 8 N–H and O–H groups in total. The second-order valence-corrected chi connectivity index (χ2v) is 9.39. The molecule has 0 bridgehead atoms. The number of aliphatic hydroxyl groups excluding tert-OH is 1. The van der Waals surface area contributed by atoms with Gasteiger partial charge in [-0.05, 0) is 31.2 Å². The predicted octanol–water partition coefficient (Wildman–Crippen LogP) is -0.512. The number of rotatable bonds is 14. The van der Waals surface area contributed by atoms with Crippen molar-refractivity contribution in [2.75, 3.05) is 0 Å². The molecular weight excluding hydrogens is 480 g/mol. The van der Waals surface area contributed by atoms with Crippen LogP contribution in [0.15, 0.2) is 42.9 Å². The Kier molecular flexibility index (Phi) is 11.2. The van der Waals surface area contributed by atoms with Crippen LogP contribution in [0, 0.1) is 5.92 Å². The minimum Gasteiger partial charge on any atom is -0.480 e. The highest BCUT2D eigenvalue weighted by Crippen LogP contribution is 2.09. The van der Waals surface area contributed by atoms with Gasteiger partial charge in [0.25, 0.3) is 0 Å². The zero-order valence-electron chi connectivity index (χ0n) is 21.2. The van der Waals surface area contributed by atoms with Gasteiger partial charge in [0.05, 0.1) is 18.5 Å². The van der Waals surface area contributed by atoms with Gasteiger partial charge in [0.1, 0.15) is 18.1 Å². The molecule has 12 heteroatoms. The van der Waals surface area contributed by atoms with E-state index in [1.54, 1.807) is 0 Å². The van der Waals surface area contributed by atoms with Crippen molar-refractivity contribution in [3.8, 4) is 0 Å². The van der Waals surface area contributed by atoms with E-state index in [0.29, 0.717) is 5.69 Å². The number of carboxylic acid groups (broad SMARTS) is 1. The lowest BCUT2D eigenvalue weighted by Gasteiger charge is -2.27. The number of hydrogen-bond acceptors (Lipinski definition) is 7. The molecule has 1 aromatic heterocycles. The third-order valence-electron chi connectivity index (χ3n) is 5.63. The molecule has 0 aliphatic rings. The number of amides is 3. The summed E-state index contributed by atoms with van der Waals surface area (Å²) in [6.45, 7) is 5.02. The van der Waals surface area contributed by atoms with E-state index in [4.69, 9.17) is 5.73 Å². The van der Waals surface area contributed by atoms with Crippen molar-refractivity contribution < 1.29 is 29.4 Å². The van der Waals surface area contributed by atoms with E-state index >= 15 is 0 Å².